The minimum Gasteiger partial charge on any atom is -0.370 e. The highest BCUT2D eigenvalue weighted by Gasteiger charge is 2.27. The predicted octanol–water partition coefficient (Wildman–Crippen LogP) is 5.07. The maximum atomic E-state index is 5.24. The van der Waals surface area contributed by atoms with Gasteiger partial charge in [0.15, 0.2) is 0 Å². The van der Waals surface area contributed by atoms with Crippen molar-refractivity contribution in [3.63, 3.8) is 0 Å². The van der Waals surface area contributed by atoms with Crippen LogP contribution in [0.3, 0.4) is 0 Å². The summed E-state index contributed by atoms with van der Waals surface area (Å²) < 4.78 is 0. The number of piperidine rings is 1. The molecule has 3 aromatic heterocycles. The summed E-state index contributed by atoms with van der Waals surface area (Å²) in [5.41, 5.74) is 8.13. The first-order valence-electron chi connectivity index (χ1n) is 10.9. The lowest BCUT2D eigenvalue weighted by Crippen LogP contribution is -2.29. The summed E-state index contributed by atoms with van der Waals surface area (Å²) in [6, 6.07) is 4.58. The van der Waals surface area contributed by atoms with Gasteiger partial charge >= 0.3 is 0 Å². The highest BCUT2D eigenvalue weighted by Crippen LogP contribution is 2.45. The maximum absolute atomic E-state index is 5.24. The van der Waals surface area contributed by atoms with Crippen molar-refractivity contribution in [2.24, 2.45) is 0 Å². The topological polar surface area (TPSA) is 73.5 Å². The highest BCUT2D eigenvalue weighted by atomic mass is 15.1. The number of fused-ring (bicyclic) bond motifs is 3. The number of hydrogen-bond acceptors (Lipinski definition) is 4. The van der Waals surface area contributed by atoms with Gasteiger partial charge in [-0.1, -0.05) is 6.42 Å². The molecule has 1 aliphatic carbocycles. The molecule has 2 aliphatic rings. The summed E-state index contributed by atoms with van der Waals surface area (Å²) in [7, 11) is 0. The van der Waals surface area contributed by atoms with Gasteiger partial charge in [0.2, 0.25) is 0 Å². The first kappa shape index (κ1) is 17.0. The Morgan fingerprint density at radius 3 is 2.52 bits per heavy atom. The minimum absolute atomic E-state index is 0.612. The van der Waals surface area contributed by atoms with Gasteiger partial charge in [-0.2, -0.15) is 10.2 Å². The molecule has 1 saturated carbocycles. The van der Waals surface area contributed by atoms with Crippen molar-refractivity contribution in [3.05, 3.63) is 35.8 Å². The molecule has 6 rings (SSSR count). The van der Waals surface area contributed by atoms with Gasteiger partial charge in [-0.15, -0.1) is 0 Å². The van der Waals surface area contributed by atoms with Gasteiger partial charge in [-0.3, -0.25) is 10.2 Å². The molecule has 0 spiro atoms. The van der Waals surface area contributed by atoms with Crippen LogP contribution in [0, 0.1) is 6.92 Å². The van der Waals surface area contributed by atoms with E-state index in [2.05, 4.69) is 44.4 Å². The minimum atomic E-state index is 0.612. The molecule has 0 unspecified atom stereocenters. The summed E-state index contributed by atoms with van der Waals surface area (Å²) in [5, 5.41) is 17.4. The number of rotatable bonds is 3. The largest absolute Gasteiger partial charge is 0.370 e. The summed E-state index contributed by atoms with van der Waals surface area (Å²) in [6.45, 7) is 4.27. The SMILES string of the molecule is Cc1[nH]ncc1-c1cc(C2CCC2)c2c(n1)c(N1CCCCC1)cc1[nH]ncc12. The van der Waals surface area contributed by atoms with Crippen LogP contribution >= 0.6 is 0 Å². The molecule has 4 aromatic rings. The fraction of sp³-hybridized carbons (Fsp3) is 0.435. The van der Waals surface area contributed by atoms with Crippen molar-refractivity contribution in [2.75, 3.05) is 18.0 Å². The van der Waals surface area contributed by atoms with Crippen LogP contribution in [0.5, 0.6) is 0 Å². The number of H-pyrrole nitrogens is 2. The average molecular weight is 387 g/mol. The Bertz CT molecular complexity index is 1190. The first-order chi connectivity index (χ1) is 14.3. The van der Waals surface area contributed by atoms with E-state index < -0.39 is 0 Å². The molecule has 1 aromatic carbocycles. The molecule has 0 atom stereocenters. The van der Waals surface area contributed by atoms with Crippen LogP contribution in [-0.4, -0.2) is 38.5 Å². The van der Waals surface area contributed by atoms with E-state index in [4.69, 9.17) is 4.98 Å². The Labute approximate surface area is 169 Å². The molecule has 148 valence electrons. The molecule has 0 radical (unpaired) electrons. The zero-order valence-corrected chi connectivity index (χ0v) is 16.8. The van der Waals surface area contributed by atoms with E-state index in [1.807, 2.05) is 12.4 Å². The van der Waals surface area contributed by atoms with Crippen molar-refractivity contribution in [2.45, 2.75) is 51.4 Å². The molecule has 1 aliphatic heterocycles. The van der Waals surface area contributed by atoms with Crippen LogP contribution in [0.25, 0.3) is 33.1 Å². The second kappa shape index (κ2) is 6.58. The Kier molecular flexibility index (Phi) is 3.86. The normalized spacial score (nSPS) is 17.9. The number of nitrogens with zero attached hydrogens (tertiary/aromatic N) is 4. The lowest BCUT2D eigenvalue weighted by atomic mass is 9.78. The molecule has 29 heavy (non-hydrogen) atoms. The number of aromatic nitrogens is 5. The number of hydrogen-bond donors (Lipinski definition) is 2. The molecular weight excluding hydrogens is 360 g/mol. The quantitative estimate of drug-likeness (QED) is 0.516. The van der Waals surface area contributed by atoms with E-state index >= 15 is 0 Å². The number of anilines is 1. The number of benzene rings is 1. The Hall–Kier alpha value is -2.89. The van der Waals surface area contributed by atoms with Gasteiger partial charge in [0.25, 0.3) is 0 Å². The van der Waals surface area contributed by atoms with E-state index in [1.54, 1.807) is 0 Å². The van der Waals surface area contributed by atoms with E-state index in [9.17, 15) is 0 Å². The number of pyridine rings is 1. The Morgan fingerprint density at radius 1 is 0.966 bits per heavy atom. The molecular formula is C23H26N6. The van der Waals surface area contributed by atoms with Gasteiger partial charge in [-0.05, 0) is 62.6 Å². The van der Waals surface area contributed by atoms with Crippen molar-refractivity contribution in [1.29, 1.82) is 0 Å². The number of aromatic amines is 2. The highest BCUT2D eigenvalue weighted by molar-refractivity contribution is 6.12. The van der Waals surface area contributed by atoms with E-state index in [0.29, 0.717) is 5.92 Å². The second-order valence-electron chi connectivity index (χ2n) is 8.63. The number of nitrogens with one attached hydrogen (secondary N) is 2. The first-order valence-corrected chi connectivity index (χ1v) is 10.9. The van der Waals surface area contributed by atoms with Crippen molar-refractivity contribution in [1.82, 2.24) is 25.4 Å². The van der Waals surface area contributed by atoms with Crippen LogP contribution in [0.1, 0.15) is 55.7 Å². The maximum Gasteiger partial charge on any atom is 0.0953 e. The zero-order valence-electron chi connectivity index (χ0n) is 16.8. The van der Waals surface area contributed by atoms with Gasteiger partial charge in [0, 0.05) is 35.1 Å². The average Bonchev–Trinajstić information content (AvgIpc) is 3.35. The van der Waals surface area contributed by atoms with E-state index in [1.165, 1.54) is 60.5 Å². The fourth-order valence-corrected chi connectivity index (χ4v) is 5.01. The van der Waals surface area contributed by atoms with Crippen LogP contribution in [-0.2, 0) is 0 Å². The van der Waals surface area contributed by atoms with Crippen LogP contribution in [0.15, 0.2) is 24.5 Å². The van der Waals surface area contributed by atoms with E-state index in [-0.39, 0.29) is 0 Å². The molecule has 1 saturated heterocycles. The zero-order chi connectivity index (χ0) is 19.4. The van der Waals surface area contributed by atoms with Crippen molar-refractivity contribution >= 4 is 27.5 Å². The third-order valence-corrected chi connectivity index (χ3v) is 6.86. The predicted molar refractivity (Wildman–Crippen MR) is 116 cm³/mol. The number of aryl methyl sites for hydroxylation is 1. The summed E-state index contributed by atoms with van der Waals surface area (Å²) in [4.78, 5) is 7.76. The van der Waals surface area contributed by atoms with E-state index in [0.717, 1.165) is 41.1 Å². The lowest BCUT2D eigenvalue weighted by Gasteiger charge is -2.31. The van der Waals surface area contributed by atoms with Gasteiger partial charge in [0.1, 0.15) is 0 Å². The molecule has 0 bridgehead atoms. The van der Waals surface area contributed by atoms with Crippen LogP contribution in [0.4, 0.5) is 5.69 Å². The standard InChI is InChI=1S/C23H26N6/c1-14-17(12-24-27-14)19-10-16(15-6-5-7-15)22-18-13-25-28-20(18)11-21(23(22)26-19)29-8-3-2-4-9-29/h10-13,15H,2-9H2,1H3,(H,24,27)(H,25,28). The molecule has 0 amide bonds. The summed E-state index contributed by atoms with van der Waals surface area (Å²) in [5.74, 6) is 0.612. The van der Waals surface area contributed by atoms with Crippen LogP contribution < -0.4 is 4.90 Å². The Morgan fingerprint density at radius 2 is 1.79 bits per heavy atom. The summed E-state index contributed by atoms with van der Waals surface area (Å²) >= 11 is 0. The third kappa shape index (κ3) is 2.65. The smallest absolute Gasteiger partial charge is 0.0953 e. The third-order valence-electron chi connectivity index (χ3n) is 6.86. The lowest BCUT2D eigenvalue weighted by molar-refractivity contribution is 0.422. The molecule has 6 nitrogen and oxygen atoms in total. The molecule has 6 heteroatoms. The summed E-state index contributed by atoms with van der Waals surface area (Å²) in [6.07, 6.45) is 11.5. The second-order valence-corrected chi connectivity index (χ2v) is 8.63. The molecule has 4 heterocycles. The molecule has 2 fully saturated rings. The van der Waals surface area contributed by atoms with Crippen molar-refractivity contribution in [3.8, 4) is 11.3 Å². The van der Waals surface area contributed by atoms with Crippen molar-refractivity contribution < 1.29 is 0 Å². The van der Waals surface area contributed by atoms with Gasteiger partial charge in [-0.25, -0.2) is 4.98 Å². The Balaban J connectivity index is 1.68. The van der Waals surface area contributed by atoms with Gasteiger partial charge < -0.3 is 4.90 Å². The van der Waals surface area contributed by atoms with Crippen LogP contribution in [0.2, 0.25) is 0 Å². The monoisotopic (exact) mass is 386 g/mol. The fourth-order valence-electron chi connectivity index (χ4n) is 5.01. The molecule has 2 N–H and O–H groups in total. The van der Waals surface area contributed by atoms with Gasteiger partial charge in [0.05, 0.1) is 34.8 Å².